The van der Waals surface area contributed by atoms with Crippen molar-refractivity contribution in [3.05, 3.63) is 0 Å². The molecule has 2 N–H and O–H groups in total. The van der Waals surface area contributed by atoms with Gasteiger partial charge in [0.1, 0.15) is 6.04 Å². The van der Waals surface area contributed by atoms with Gasteiger partial charge in [-0.05, 0) is 12.3 Å². The number of nitrogens with zero attached hydrogens (tertiary/aromatic N) is 1. The maximum Gasteiger partial charge on any atom is 0.326 e. The van der Waals surface area contributed by atoms with Crippen molar-refractivity contribution in [2.45, 2.75) is 25.8 Å². The Kier molecular flexibility index (Phi) is 6.43. The number of thioether (sulfide) groups is 1. The molecule has 0 aliphatic carbocycles. The van der Waals surface area contributed by atoms with Crippen LogP contribution in [0, 0.1) is 5.92 Å². The lowest BCUT2D eigenvalue weighted by molar-refractivity contribution is -0.148. The van der Waals surface area contributed by atoms with Gasteiger partial charge in [-0.3, -0.25) is 14.2 Å². The van der Waals surface area contributed by atoms with Crippen LogP contribution in [0.3, 0.4) is 0 Å². The molecule has 1 saturated heterocycles. The second-order valence-electron chi connectivity index (χ2n) is 5.34. The first-order chi connectivity index (χ1) is 9.60. The van der Waals surface area contributed by atoms with E-state index in [9.17, 15) is 28.9 Å². The average molecular weight is 337 g/mol. The Labute approximate surface area is 127 Å². The first-order valence-corrected chi connectivity index (χ1v) is 9.83. The van der Waals surface area contributed by atoms with E-state index < -0.39 is 19.4 Å². The fourth-order valence-electron chi connectivity index (χ4n) is 2.23. The van der Waals surface area contributed by atoms with Crippen molar-refractivity contribution in [1.29, 1.82) is 0 Å². The van der Waals surface area contributed by atoms with E-state index >= 15 is 0 Å². The van der Waals surface area contributed by atoms with Crippen LogP contribution in [-0.2, 0) is 18.9 Å². The van der Waals surface area contributed by atoms with Gasteiger partial charge in [-0.1, -0.05) is 11.8 Å². The number of amides is 1. The van der Waals surface area contributed by atoms with E-state index in [0.717, 1.165) is 11.8 Å². The molecule has 0 aromatic rings. The zero-order valence-electron chi connectivity index (χ0n) is 12.0. The quantitative estimate of drug-likeness (QED) is 0.663. The molecular weight excluding hydrogens is 317 g/mol. The number of aliphatic carboxylic acids is 1. The van der Waals surface area contributed by atoms with Gasteiger partial charge in [0.25, 0.3) is 0 Å². The first-order valence-electron chi connectivity index (χ1n) is 6.55. The van der Waals surface area contributed by atoms with Gasteiger partial charge in [0.15, 0.2) is 12.5 Å². The molecule has 1 aliphatic heterocycles. The Morgan fingerprint density at radius 3 is 2.62 bits per heavy atom. The van der Waals surface area contributed by atoms with Crippen LogP contribution < -0.4 is 0 Å². The minimum absolute atomic E-state index is 0.0390. The highest BCUT2D eigenvalue weighted by atomic mass is 32.2. The van der Waals surface area contributed by atoms with Crippen molar-refractivity contribution >= 4 is 36.1 Å². The lowest BCUT2D eigenvalue weighted by atomic mass is 10.1. The van der Waals surface area contributed by atoms with Gasteiger partial charge in [0, 0.05) is 38.5 Å². The Balaban J connectivity index is 2.66. The number of hydrogen-bond acceptors (Lipinski definition) is 5. The lowest BCUT2D eigenvalue weighted by Crippen LogP contribution is -2.42. The molecule has 1 fully saturated rings. The fourth-order valence-corrected chi connectivity index (χ4v) is 3.65. The molecule has 3 unspecified atom stereocenters. The molecule has 9 heteroatoms. The SMILES string of the molecule is CC(=O)SCC1CC(=O)N(C(CCP(C)(=O)O)C(=O)O)C1. The smallest absolute Gasteiger partial charge is 0.326 e. The predicted octanol–water partition coefficient (Wildman–Crippen LogP) is 0.858. The summed E-state index contributed by atoms with van der Waals surface area (Å²) in [7, 11) is -3.31. The summed E-state index contributed by atoms with van der Waals surface area (Å²) in [5.41, 5.74) is 0. The van der Waals surface area contributed by atoms with E-state index in [4.69, 9.17) is 0 Å². The largest absolute Gasteiger partial charge is 0.480 e. The molecule has 0 radical (unpaired) electrons. The Morgan fingerprint density at radius 1 is 1.52 bits per heavy atom. The van der Waals surface area contributed by atoms with Crippen molar-refractivity contribution in [3.63, 3.8) is 0 Å². The van der Waals surface area contributed by atoms with Gasteiger partial charge in [0.2, 0.25) is 5.91 Å². The molecule has 0 bridgehead atoms. The second kappa shape index (κ2) is 7.42. The summed E-state index contributed by atoms with van der Waals surface area (Å²) < 4.78 is 11.3. The normalized spacial score (nSPS) is 22.9. The number of carbonyl (C=O) groups is 3. The third-order valence-corrected chi connectivity index (χ3v) is 5.37. The molecule has 3 atom stereocenters. The maximum absolute atomic E-state index is 11.9. The highest BCUT2D eigenvalue weighted by Crippen LogP contribution is 2.37. The molecular formula is C12H20NO6PS. The molecule has 1 amide bonds. The fraction of sp³-hybridized carbons (Fsp3) is 0.750. The van der Waals surface area contributed by atoms with E-state index in [2.05, 4.69) is 0 Å². The van der Waals surface area contributed by atoms with E-state index in [1.54, 1.807) is 0 Å². The summed E-state index contributed by atoms with van der Waals surface area (Å²) in [6, 6.07) is -1.08. The molecule has 1 aliphatic rings. The minimum atomic E-state index is -3.31. The summed E-state index contributed by atoms with van der Waals surface area (Å²) in [6.07, 6.45) is 0.0332. The third kappa shape index (κ3) is 6.20. The molecule has 0 spiro atoms. The van der Waals surface area contributed by atoms with Gasteiger partial charge in [-0.25, -0.2) is 4.79 Å². The molecule has 21 heavy (non-hydrogen) atoms. The monoisotopic (exact) mass is 337 g/mol. The van der Waals surface area contributed by atoms with Crippen LogP contribution in [0.25, 0.3) is 0 Å². The van der Waals surface area contributed by atoms with Gasteiger partial charge < -0.3 is 14.9 Å². The van der Waals surface area contributed by atoms with Crippen molar-refractivity contribution in [1.82, 2.24) is 4.90 Å². The van der Waals surface area contributed by atoms with Crippen LogP contribution in [0.4, 0.5) is 0 Å². The van der Waals surface area contributed by atoms with Crippen LogP contribution in [0.5, 0.6) is 0 Å². The van der Waals surface area contributed by atoms with Crippen molar-refractivity contribution in [3.8, 4) is 0 Å². The van der Waals surface area contributed by atoms with Crippen molar-refractivity contribution in [2.75, 3.05) is 25.1 Å². The number of hydrogen-bond donors (Lipinski definition) is 2. The van der Waals surface area contributed by atoms with Crippen LogP contribution >= 0.6 is 19.1 Å². The summed E-state index contributed by atoms with van der Waals surface area (Å²) in [5.74, 6) is -1.02. The first kappa shape index (κ1) is 18.2. The Hall–Kier alpha value is -0.850. The van der Waals surface area contributed by atoms with Crippen LogP contribution in [0.15, 0.2) is 0 Å². The minimum Gasteiger partial charge on any atom is -0.480 e. The number of rotatable bonds is 7. The van der Waals surface area contributed by atoms with Gasteiger partial charge in [0.05, 0.1) is 0 Å². The van der Waals surface area contributed by atoms with E-state index in [1.807, 2.05) is 0 Å². The molecule has 0 aromatic carbocycles. The van der Waals surface area contributed by atoms with E-state index in [-0.39, 0.29) is 42.5 Å². The average Bonchev–Trinajstić information content (AvgIpc) is 2.66. The molecule has 1 heterocycles. The van der Waals surface area contributed by atoms with Gasteiger partial charge >= 0.3 is 5.97 Å². The number of carboxylic acids is 1. The van der Waals surface area contributed by atoms with Gasteiger partial charge in [-0.15, -0.1) is 0 Å². The molecule has 0 aromatic heterocycles. The highest BCUT2D eigenvalue weighted by Gasteiger charge is 2.38. The summed E-state index contributed by atoms with van der Waals surface area (Å²) in [4.78, 5) is 44.7. The van der Waals surface area contributed by atoms with Crippen molar-refractivity contribution < 1.29 is 28.9 Å². The van der Waals surface area contributed by atoms with Gasteiger partial charge in [-0.2, -0.15) is 0 Å². The maximum atomic E-state index is 11.9. The number of likely N-dealkylation sites (tertiary alicyclic amines) is 1. The molecule has 1 rings (SSSR count). The highest BCUT2D eigenvalue weighted by molar-refractivity contribution is 8.13. The molecule has 7 nitrogen and oxygen atoms in total. The van der Waals surface area contributed by atoms with E-state index in [1.165, 1.54) is 18.5 Å². The van der Waals surface area contributed by atoms with E-state index in [0.29, 0.717) is 5.75 Å². The topological polar surface area (TPSA) is 112 Å². The zero-order chi connectivity index (χ0) is 16.2. The third-order valence-electron chi connectivity index (χ3n) is 3.24. The predicted molar refractivity (Wildman–Crippen MR) is 79.6 cm³/mol. The number of carboxylic acid groups (broad SMARTS) is 1. The zero-order valence-corrected chi connectivity index (χ0v) is 13.7. The molecule has 0 saturated carbocycles. The lowest BCUT2D eigenvalue weighted by Gasteiger charge is -2.25. The summed E-state index contributed by atoms with van der Waals surface area (Å²) in [6.45, 7) is 2.89. The Bertz CT molecular complexity index is 476. The standard InChI is InChI=1S/C12H20NO6PS/c1-8(14)21-7-9-5-11(15)13(6-9)10(12(16)17)3-4-20(2,18)19/h9-10H,3-7H2,1-2H3,(H,16,17)(H,18,19). The van der Waals surface area contributed by atoms with Crippen LogP contribution in [0.1, 0.15) is 19.8 Å². The van der Waals surface area contributed by atoms with Crippen LogP contribution in [-0.4, -0.2) is 63.1 Å². The van der Waals surface area contributed by atoms with Crippen LogP contribution in [0.2, 0.25) is 0 Å². The summed E-state index contributed by atoms with van der Waals surface area (Å²) >= 11 is 1.12. The number of carbonyl (C=O) groups excluding carboxylic acids is 2. The second-order valence-corrected chi connectivity index (χ2v) is 9.08. The Morgan fingerprint density at radius 2 is 2.14 bits per heavy atom. The molecule has 120 valence electrons. The summed E-state index contributed by atoms with van der Waals surface area (Å²) in [5, 5.41) is 9.19. The van der Waals surface area contributed by atoms with Crippen molar-refractivity contribution in [2.24, 2.45) is 5.92 Å².